The molecule has 1 fully saturated rings. The Morgan fingerprint density at radius 3 is 2.92 bits per heavy atom. The number of benzene rings is 1. The van der Waals surface area contributed by atoms with Crippen LogP contribution in [-0.4, -0.2) is 35.0 Å². The van der Waals surface area contributed by atoms with Crippen LogP contribution in [0.5, 0.6) is 5.75 Å². The number of halogens is 1. The zero-order valence-electron chi connectivity index (χ0n) is 14.0. The number of carbonyl (C=O) groups excluding carboxylic acids is 1. The molecule has 8 heteroatoms. The molecule has 0 bridgehead atoms. The highest BCUT2D eigenvalue weighted by Gasteiger charge is 2.18. The third kappa shape index (κ3) is 4.89. The molecule has 0 atom stereocenters. The van der Waals surface area contributed by atoms with E-state index in [1.807, 2.05) is 0 Å². The Morgan fingerprint density at radius 2 is 2.16 bits per heavy atom. The van der Waals surface area contributed by atoms with Crippen LogP contribution in [0.4, 0.5) is 0 Å². The van der Waals surface area contributed by atoms with Crippen LogP contribution in [0, 0.1) is 0 Å². The predicted octanol–water partition coefficient (Wildman–Crippen LogP) is 3.94. The van der Waals surface area contributed by atoms with Crippen molar-refractivity contribution in [1.82, 2.24) is 15.5 Å². The van der Waals surface area contributed by atoms with Crippen molar-refractivity contribution in [1.29, 1.82) is 0 Å². The van der Waals surface area contributed by atoms with Crippen LogP contribution in [0.1, 0.15) is 32.1 Å². The summed E-state index contributed by atoms with van der Waals surface area (Å²) in [6.45, 7) is 0. The number of ether oxygens (including phenoxy) is 1. The number of methoxy groups -OCH3 is 1. The molecule has 1 heterocycles. The molecular weight excluding hydrogens is 362 g/mol. The number of amides is 1. The third-order valence-corrected chi connectivity index (χ3v) is 5.15. The van der Waals surface area contributed by atoms with Crippen LogP contribution in [0.25, 0.3) is 11.5 Å². The number of nitrogens with zero attached hydrogens (tertiary/aromatic N) is 2. The van der Waals surface area contributed by atoms with E-state index in [2.05, 4.69) is 15.5 Å². The molecule has 1 aromatic carbocycles. The maximum absolute atomic E-state index is 12.0. The SMILES string of the molecule is COc1ccc(Cl)cc1-c1nnc(SCC(=O)NC2CCCCC2)o1. The second-order valence-electron chi connectivity index (χ2n) is 5.91. The van der Waals surface area contributed by atoms with E-state index in [0.29, 0.717) is 33.5 Å². The van der Waals surface area contributed by atoms with Crippen LogP contribution in [0.3, 0.4) is 0 Å². The zero-order valence-corrected chi connectivity index (χ0v) is 15.5. The first-order valence-electron chi connectivity index (χ1n) is 8.25. The number of carbonyl (C=O) groups is 1. The Hall–Kier alpha value is -1.73. The van der Waals surface area contributed by atoms with Gasteiger partial charge in [-0.2, -0.15) is 0 Å². The summed E-state index contributed by atoms with van der Waals surface area (Å²) in [5.74, 6) is 1.16. The molecule has 0 spiro atoms. The first-order valence-corrected chi connectivity index (χ1v) is 9.61. The lowest BCUT2D eigenvalue weighted by atomic mass is 9.95. The number of rotatable bonds is 6. The molecule has 1 N–H and O–H groups in total. The standard InChI is InChI=1S/C17H20ClN3O3S/c1-23-14-8-7-11(18)9-13(14)16-20-21-17(24-16)25-10-15(22)19-12-5-3-2-4-6-12/h7-9,12H,2-6,10H2,1H3,(H,19,22). The molecule has 6 nitrogen and oxygen atoms in total. The Labute approximate surface area is 155 Å². The van der Waals surface area contributed by atoms with Gasteiger partial charge >= 0.3 is 0 Å². The Balaban J connectivity index is 1.58. The maximum atomic E-state index is 12.0. The van der Waals surface area contributed by atoms with Crippen LogP contribution in [-0.2, 0) is 4.79 Å². The Kier molecular flexibility index (Phi) is 6.20. The van der Waals surface area contributed by atoms with Crippen molar-refractivity contribution in [2.24, 2.45) is 0 Å². The first kappa shape index (κ1) is 18.1. The summed E-state index contributed by atoms with van der Waals surface area (Å²) >= 11 is 7.25. The topological polar surface area (TPSA) is 77.2 Å². The molecule has 3 rings (SSSR count). The quantitative estimate of drug-likeness (QED) is 0.763. The van der Waals surface area contributed by atoms with Gasteiger partial charge in [-0.25, -0.2) is 0 Å². The van der Waals surface area contributed by atoms with Gasteiger partial charge in [0, 0.05) is 11.1 Å². The molecule has 1 aliphatic rings. The summed E-state index contributed by atoms with van der Waals surface area (Å²) in [4.78, 5) is 12.0. The van der Waals surface area contributed by atoms with E-state index >= 15 is 0 Å². The van der Waals surface area contributed by atoms with Crippen molar-refractivity contribution in [3.63, 3.8) is 0 Å². The van der Waals surface area contributed by atoms with Gasteiger partial charge in [-0.15, -0.1) is 10.2 Å². The smallest absolute Gasteiger partial charge is 0.277 e. The van der Waals surface area contributed by atoms with Crippen LogP contribution in [0.15, 0.2) is 27.8 Å². The summed E-state index contributed by atoms with van der Waals surface area (Å²) in [7, 11) is 1.56. The van der Waals surface area contributed by atoms with Gasteiger partial charge in [-0.1, -0.05) is 42.6 Å². The minimum atomic E-state index is -0.00279. The molecule has 0 unspecified atom stereocenters. The molecule has 1 amide bonds. The number of hydrogen-bond acceptors (Lipinski definition) is 6. The Morgan fingerprint density at radius 1 is 1.36 bits per heavy atom. The molecule has 0 aliphatic heterocycles. The predicted molar refractivity (Wildman–Crippen MR) is 97.0 cm³/mol. The van der Waals surface area contributed by atoms with Crippen molar-refractivity contribution >= 4 is 29.3 Å². The van der Waals surface area contributed by atoms with Crippen molar-refractivity contribution < 1.29 is 13.9 Å². The first-order chi connectivity index (χ1) is 12.2. The van der Waals surface area contributed by atoms with Crippen LogP contribution < -0.4 is 10.1 Å². The molecule has 0 radical (unpaired) electrons. The van der Waals surface area contributed by atoms with E-state index in [0.717, 1.165) is 12.8 Å². The molecule has 134 valence electrons. The number of aromatic nitrogens is 2. The molecule has 2 aromatic rings. The van der Waals surface area contributed by atoms with Crippen LogP contribution in [0.2, 0.25) is 5.02 Å². The third-order valence-electron chi connectivity index (χ3n) is 4.10. The molecule has 25 heavy (non-hydrogen) atoms. The minimum absolute atomic E-state index is 0.00279. The van der Waals surface area contributed by atoms with Gasteiger partial charge in [0.15, 0.2) is 0 Å². The summed E-state index contributed by atoms with van der Waals surface area (Å²) in [5.41, 5.74) is 0.626. The van der Waals surface area contributed by atoms with E-state index in [1.54, 1.807) is 25.3 Å². The molecule has 1 saturated carbocycles. The van der Waals surface area contributed by atoms with E-state index in [1.165, 1.54) is 31.0 Å². The van der Waals surface area contributed by atoms with E-state index in [4.69, 9.17) is 20.8 Å². The Bertz CT molecular complexity index is 732. The van der Waals surface area contributed by atoms with Gasteiger partial charge in [0.2, 0.25) is 5.91 Å². The molecule has 0 saturated heterocycles. The largest absolute Gasteiger partial charge is 0.496 e. The van der Waals surface area contributed by atoms with Gasteiger partial charge in [-0.05, 0) is 31.0 Å². The van der Waals surface area contributed by atoms with Crippen molar-refractivity contribution in [2.75, 3.05) is 12.9 Å². The normalized spacial score (nSPS) is 15.1. The fraction of sp³-hybridized carbons (Fsp3) is 0.471. The average molecular weight is 382 g/mol. The summed E-state index contributed by atoms with van der Waals surface area (Å²) < 4.78 is 10.9. The van der Waals surface area contributed by atoms with Crippen molar-refractivity contribution in [3.05, 3.63) is 23.2 Å². The lowest BCUT2D eigenvalue weighted by Gasteiger charge is -2.22. The van der Waals surface area contributed by atoms with E-state index in [9.17, 15) is 4.79 Å². The highest BCUT2D eigenvalue weighted by atomic mass is 35.5. The molecule has 1 aliphatic carbocycles. The van der Waals surface area contributed by atoms with Crippen LogP contribution >= 0.6 is 23.4 Å². The van der Waals surface area contributed by atoms with E-state index in [-0.39, 0.29) is 11.7 Å². The minimum Gasteiger partial charge on any atom is -0.496 e. The van der Waals surface area contributed by atoms with Gasteiger partial charge in [0.1, 0.15) is 5.75 Å². The molecular formula is C17H20ClN3O3S. The highest BCUT2D eigenvalue weighted by Crippen LogP contribution is 2.33. The highest BCUT2D eigenvalue weighted by molar-refractivity contribution is 7.99. The number of hydrogen-bond donors (Lipinski definition) is 1. The summed E-state index contributed by atoms with van der Waals surface area (Å²) in [6, 6.07) is 5.48. The van der Waals surface area contributed by atoms with Gasteiger partial charge in [0.05, 0.1) is 18.4 Å². The second-order valence-corrected chi connectivity index (χ2v) is 7.27. The monoisotopic (exact) mass is 381 g/mol. The number of thioether (sulfide) groups is 1. The summed E-state index contributed by atoms with van der Waals surface area (Å²) in [5, 5.41) is 12.0. The van der Waals surface area contributed by atoms with Crippen molar-refractivity contribution in [3.8, 4) is 17.2 Å². The fourth-order valence-corrected chi connectivity index (χ4v) is 3.61. The number of nitrogens with one attached hydrogen (secondary N) is 1. The molecule has 1 aromatic heterocycles. The fourth-order valence-electron chi connectivity index (χ4n) is 2.87. The maximum Gasteiger partial charge on any atom is 0.277 e. The van der Waals surface area contributed by atoms with Crippen molar-refractivity contribution in [2.45, 2.75) is 43.4 Å². The van der Waals surface area contributed by atoms with E-state index < -0.39 is 0 Å². The lowest BCUT2D eigenvalue weighted by molar-refractivity contribution is -0.119. The zero-order chi connectivity index (χ0) is 17.6. The van der Waals surface area contributed by atoms with Gasteiger partial charge in [0.25, 0.3) is 11.1 Å². The summed E-state index contributed by atoms with van der Waals surface area (Å²) in [6.07, 6.45) is 5.77. The van der Waals surface area contributed by atoms with Gasteiger partial charge in [-0.3, -0.25) is 4.79 Å². The second kappa shape index (κ2) is 8.58. The average Bonchev–Trinajstić information content (AvgIpc) is 3.10. The lowest BCUT2D eigenvalue weighted by Crippen LogP contribution is -2.37. The van der Waals surface area contributed by atoms with Gasteiger partial charge < -0.3 is 14.5 Å².